The number of benzene rings is 1. The summed E-state index contributed by atoms with van der Waals surface area (Å²) in [6.07, 6.45) is 2.12. The van der Waals surface area contributed by atoms with Crippen LogP contribution in [0.5, 0.6) is 11.5 Å². The molecule has 1 fully saturated rings. The van der Waals surface area contributed by atoms with Gasteiger partial charge in [-0.25, -0.2) is 0 Å². The molecule has 102 valence electrons. The van der Waals surface area contributed by atoms with Crippen molar-refractivity contribution in [3.63, 3.8) is 0 Å². The van der Waals surface area contributed by atoms with E-state index < -0.39 is 0 Å². The molecule has 0 unspecified atom stereocenters. The van der Waals surface area contributed by atoms with E-state index in [-0.39, 0.29) is 24.2 Å². The standard InChI is InChI=1S/C13H20N2O2.ClH/c1-17-10-2-3-11(12(16)8-10)13(14)9-4-6-15-7-5-9;/h2-3,8-9,13,15-16H,4-7,14H2,1H3;1H/t13-;/m1./s1. The number of phenols is 1. The SMILES string of the molecule is COc1ccc([C@H](N)C2CCNCC2)c(O)c1.Cl. The van der Waals surface area contributed by atoms with Gasteiger partial charge in [0.05, 0.1) is 7.11 Å². The topological polar surface area (TPSA) is 67.5 Å². The van der Waals surface area contributed by atoms with Crippen molar-refractivity contribution < 1.29 is 9.84 Å². The van der Waals surface area contributed by atoms with Gasteiger partial charge in [-0.1, -0.05) is 6.07 Å². The summed E-state index contributed by atoms with van der Waals surface area (Å²) in [4.78, 5) is 0. The van der Waals surface area contributed by atoms with E-state index in [4.69, 9.17) is 10.5 Å². The van der Waals surface area contributed by atoms with Crippen LogP contribution in [-0.2, 0) is 0 Å². The van der Waals surface area contributed by atoms with E-state index in [1.54, 1.807) is 13.2 Å². The number of nitrogens with two attached hydrogens (primary N) is 1. The first-order chi connectivity index (χ1) is 8.22. The number of rotatable bonds is 3. The van der Waals surface area contributed by atoms with Crippen LogP contribution in [0.25, 0.3) is 0 Å². The third-order valence-corrected chi connectivity index (χ3v) is 3.49. The van der Waals surface area contributed by atoms with Crippen LogP contribution >= 0.6 is 12.4 Å². The Balaban J connectivity index is 0.00000162. The highest BCUT2D eigenvalue weighted by atomic mass is 35.5. The molecule has 18 heavy (non-hydrogen) atoms. The number of hydrogen-bond acceptors (Lipinski definition) is 4. The molecule has 0 radical (unpaired) electrons. The highest BCUT2D eigenvalue weighted by Gasteiger charge is 2.23. The Morgan fingerprint density at radius 2 is 2.06 bits per heavy atom. The average molecular weight is 273 g/mol. The zero-order valence-electron chi connectivity index (χ0n) is 10.6. The van der Waals surface area contributed by atoms with Gasteiger partial charge in [-0.2, -0.15) is 0 Å². The molecule has 5 heteroatoms. The molecule has 1 aromatic carbocycles. The van der Waals surface area contributed by atoms with Crippen LogP contribution in [0.4, 0.5) is 0 Å². The van der Waals surface area contributed by atoms with Gasteiger partial charge in [-0.05, 0) is 37.9 Å². The molecule has 1 aromatic rings. The van der Waals surface area contributed by atoms with Crippen molar-refractivity contribution in [3.8, 4) is 11.5 Å². The molecule has 1 saturated heterocycles. The first kappa shape index (κ1) is 15.1. The van der Waals surface area contributed by atoms with Crippen molar-refractivity contribution in [2.24, 2.45) is 11.7 Å². The number of piperidine rings is 1. The molecule has 4 nitrogen and oxygen atoms in total. The highest BCUT2D eigenvalue weighted by molar-refractivity contribution is 5.85. The van der Waals surface area contributed by atoms with Crippen LogP contribution in [-0.4, -0.2) is 25.3 Å². The molecule has 0 bridgehead atoms. The summed E-state index contributed by atoms with van der Waals surface area (Å²) in [6, 6.07) is 5.23. The van der Waals surface area contributed by atoms with Crippen molar-refractivity contribution in [2.75, 3.05) is 20.2 Å². The van der Waals surface area contributed by atoms with Crippen LogP contribution in [0.3, 0.4) is 0 Å². The second kappa shape index (κ2) is 6.83. The van der Waals surface area contributed by atoms with E-state index in [2.05, 4.69) is 5.32 Å². The molecule has 1 aliphatic rings. The van der Waals surface area contributed by atoms with E-state index in [9.17, 15) is 5.11 Å². The van der Waals surface area contributed by atoms with Gasteiger partial charge < -0.3 is 20.9 Å². The second-order valence-corrected chi connectivity index (χ2v) is 4.54. The lowest BCUT2D eigenvalue weighted by atomic mass is 9.86. The summed E-state index contributed by atoms with van der Waals surface area (Å²) in [5, 5.41) is 13.3. The van der Waals surface area contributed by atoms with Gasteiger partial charge in [0, 0.05) is 17.7 Å². The molecule has 0 aromatic heterocycles. The monoisotopic (exact) mass is 272 g/mol. The first-order valence-corrected chi connectivity index (χ1v) is 6.05. The quantitative estimate of drug-likeness (QED) is 0.785. The maximum Gasteiger partial charge on any atom is 0.124 e. The lowest BCUT2D eigenvalue weighted by Gasteiger charge is -2.28. The third kappa shape index (κ3) is 3.28. The molecule has 0 aliphatic carbocycles. The number of phenolic OH excluding ortho intramolecular Hbond substituents is 1. The Morgan fingerprint density at radius 1 is 1.39 bits per heavy atom. The van der Waals surface area contributed by atoms with Gasteiger partial charge >= 0.3 is 0 Å². The fourth-order valence-electron chi connectivity index (χ4n) is 2.39. The largest absolute Gasteiger partial charge is 0.507 e. The molecule has 0 spiro atoms. The lowest BCUT2D eigenvalue weighted by molar-refractivity contribution is 0.315. The maximum atomic E-state index is 9.95. The van der Waals surface area contributed by atoms with Crippen molar-refractivity contribution in [3.05, 3.63) is 23.8 Å². The summed E-state index contributed by atoms with van der Waals surface area (Å²) in [5.74, 6) is 1.33. The molecule has 1 atom stereocenters. The van der Waals surface area contributed by atoms with E-state index >= 15 is 0 Å². The van der Waals surface area contributed by atoms with Crippen LogP contribution in [0.2, 0.25) is 0 Å². The van der Waals surface area contributed by atoms with Crippen molar-refractivity contribution in [1.82, 2.24) is 5.32 Å². The van der Waals surface area contributed by atoms with Crippen LogP contribution in [0, 0.1) is 5.92 Å². The van der Waals surface area contributed by atoms with Gasteiger partial charge in [0.25, 0.3) is 0 Å². The van der Waals surface area contributed by atoms with E-state index in [0.717, 1.165) is 31.5 Å². The summed E-state index contributed by atoms with van der Waals surface area (Å²) in [6.45, 7) is 2.02. The molecule has 2 rings (SSSR count). The summed E-state index contributed by atoms with van der Waals surface area (Å²) >= 11 is 0. The Hall–Kier alpha value is -0.970. The van der Waals surface area contributed by atoms with Crippen molar-refractivity contribution >= 4 is 12.4 Å². The molecular formula is C13H21ClN2O2. The predicted octanol–water partition coefficient (Wildman–Crippen LogP) is 1.82. The fraction of sp³-hybridized carbons (Fsp3) is 0.538. The maximum absolute atomic E-state index is 9.95. The van der Waals surface area contributed by atoms with E-state index in [0.29, 0.717) is 11.7 Å². The minimum atomic E-state index is -0.0944. The van der Waals surface area contributed by atoms with Gasteiger partial charge in [0.1, 0.15) is 11.5 Å². The van der Waals surface area contributed by atoms with E-state index in [1.165, 1.54) is 0 Å². The molecule has 1 heterocycles. The minimum Gasteiger partial charge on any atom is -0.507 e. The zero-order chi connectivity index (χ0) is 12.3. The summed E-state index contributed by atoms with van der Waals surface area (Å²) < 4.78 is 5.06. The van der Waals surface area contributed by atoms with Gasteiger partial charge in [0.2, 0.25) is 0 Å². The number of methoxy groups -OCH3 is 1. The molecule has 0 amide bonds. The van der Waals surface area contributed by atoms with Gasteiger partial charge in [-0.15, -0.1) is 12.4 Å². The Bertz CT molecular complexity index is 381. The molecule has 0 saturated carbocycles. The first-order valence-electron chi connectivity index (χ1n) is 6.05. The lowest BCUT2D eigenvalue weighted by Crippen LogP contribution is -2.33. The number of aromatic hydroxyl groups is 1. The second-order valence-electron chi connectivity index (χ2n) is 4.54. The number of ether oxygens (including phenoxy) is 1. The zero-order valence-corrected chi connectivity index (χ0v) is 11.4. The Morgan fingerprint density at radius 3 is 2.61 bits per heavy atom. The summed E-state index contributed by atoms with van der Waals surface area (Å²) in [5.41, 5.74) is 7.05. The molecular weight excluding hydrogens is 252 g/mol. The Kier molecular flexibility index (Phi) is 5.72. The smallest absolute Gasteiger partial charge is 0.124 e. The summed E-state index contributed by atoms with van der Waals surface area (Å²) in [7, 11) is 1.58. The average Bonchev–Trinajstić information content (AvgIpc) is 2.39. The number of hydrogen-bond donors (Lipinski definition) is 3. The van der Waals surface area contributed by atoms with E-state index in [1.807, 2.05) is 12.1 Å². The Labute approximate surface area is 114 Å². The highest BCUT2D eigenvalue weighted by Crippen LogP contribution is 2.33. The third-order valence-electron chi connectivity index (χ3n) is 3.49. The predicted molar refractivity (Wildman–Crippen MR) is 74.4 cm³/mol. The van der Waals surface area contributed by atoms with Crippen molar-refractivity contribution in [1.29, 1.82) is 0 Å². The fourth-order valence-corrected chi connectivity index (χ4v) is 2.39. The number of halogens is 1. The van der Waals surface area contributed by atoms with Crippen molar-refractivity contribution in [2.45, 2.75) is 18.9 Å². The molecule has 4 N–H and O–H groups in total. The number of nitrogens with one attached hydrogen (secondary N) is 1. The normalized spacial score (nSPS) is 17.9. The van der Waals surface area contributed by atoms with Gasteiger partial charge in [0.15, 0.2) is 0 Å². The molecule has 1 aliphatic heterocycles. The van der Waals surface area contributed by atoms with Crippen LogP contribution in [0.15, 0.2) is 18.2 Å². The van der Waals surface area contributed by atoms with Crippen LogP contribution < -0.4 is 15.8 Å². The minimum absolute atomic E-state index is 0. The van der Waals surface area contributed by atoms with Crippen LogP contribution in [0.1, 0.15) is 24.4 Å². The van der Waals surface area contributed by atoms with Gasteiger partial charge in [-0.3, -0.25) is 0 Å².